The van der Waals surface area contributed by atoms with Crippen LogP contribution in [0.2, 0.25) is 0 Å². The quantitative estimate of drug-likeness (QED) is 0.526. The van der Waals surface area contributed by atoms with Crippen LogP contribution in [0.25, 0.3) is 0 Å². The van der Waals surface area contributed by atoms with Gasteiger partial charge in [-0.25, -0.2) is 0 Å². The molecule has 1 saturated carbocycles. The predicted molar refractivity (Wildman–Crippen MR) is 115 cm³/mol. The predicted octanol–water partition coefficient (Wildman–Crippen LogP) is 4.38. The summed E-state index contributed by atoms with van der Waals surface area (Å²) in [4.78, 5) is 36.3. The SMILES string of the molecule is CC(=O)NC(CC(=O)Oc1ccc(NC(=O)C2CCCCC2)cc1)c1ccccc1. The van der Waals surface area contributed by atoms with E-state index in [4.69, 9.17) is 4.74 Å². The lowest BCUT2D eigenvalue weighted by molar-refractivity contribution is -0.135. The minimum Gasteiger partial charge on any atom is -0.426 e. The summed E-state index contributed by atoms with van der Waals surface area (Å²) in [6, 6.07) is 15.6. The molecule has 1 aliphatic rings. The molecule has 2 amide bonds. The van der Waals surface area contributed by atoms with E-state index < -0.39 is 12.0 Å². The van der Waals surface area contributed by atoms with Gasteiger partial charge in [0.05, 0.1) is 12.5 Å². The highest BCUT2D eigenvalue weighted by Gasteiger charge is 2.21. The number of rotatable bonds is 7. The zero-order chi connectivity index (χ0) is 21.3. The van der Waals surface area contributed by atoms with Gasteiger partial charge in [-0.05, 0) is 42.7 Å². The van der Waals surface area contributed by atoms with Crippen LogP contribution in [0, 0.1) is 5.92 Å². The Labute approximate surface area is 177 Å². The van der Waals surface area contributed by atoms with Crippen molar-refractivity contribution in [1.29, 1.82) is 0 Å². The number of anilines is 1. The summed E-state index contributed by atoms with van der Waals surface area (Å²) < 4.78 is 5.42. The molecule has 30 heavy (non-hydrogen) atoms. The molecule has 0 saturated heterocycles. The lowest BCUT2D eigenvalue weighted by atomic mass is 9.88. The summed E-state index contributed by atoms with van der Waals surface area (Å²) in [7, 11) is 0. The average Bonchev–Trinajstić information content (AvgIpc) is 2.75. The third-order valence-electron chi connectivity index (χ3n) is 5.28. The summed E-state index contributed by atoms with van der Waals surface area (Å²) in [6.45, 7) is 1.42. The van der Waals surface area contributed by atoms with Gasteiger partial charge < -0.3 is 15.4 Å². The van der Waals surface area contributed by atoms with Crippen molar-refractivity contribution in [2.24, 2.45) is 5.92 Å². The van der Waals surface area contributed by atoms with Crippen LogP contribution in [0.15, 0.2) is 54.6 Å². The smallest absolute Gasteiger partial charge is 0.313 e. The summed E-state index contributed by atoms with van der Waals surface area (Å²) in [6.07, 6.45) is 5.32. The van der Waals surface area contributed by atoms with E-state index in [1.807, 2.05) is 30.3 Å². The minimum absolute atomic E-state index is 0.0176. The highest BCUT2D eigenvalue weighted by Crippen LogP contribution is 2.26. The van der Waals surface area contributed by atoms with Crippen molar-refractivity contribution in [2.45, 2.75) is 51.5 Å². The van der Waals surface area contributed by atoms with Gasteiger partial charge in [-0.3, -0.25) is 14.4 Å². The highest BCUT2D eigenvalue weighted by molar-refractivity contribution is 5.92. The second-order valence-corrected chi connectivity index (χ2v) is 7.69. The van der Waals surface area contributed by atoms with Gasteiger partial charge >= 0.3 is 5.97 Å². The fraction of sp³-hybridized carbons (Fsp3) is 0.375. The molecule has 1 fully saturated rings. The van der Waals surface area contributed by atoms with Crippen LogP contribution in [0.3, 0.4) is 0 Å². The molecule has 2 N–H and O–H groups in total. The topological polar surface area (TPSA) is 84.5 Å². The summed E-state index contributed by atoms with van der Waals surface area (Å²) in [5, 5.41) is 5.73. The Morgan fingerprint density at radius 1 is 0.967 bits per heavy atom. The Hall–Kier alpha value is -3.15. The van der Waals surface area contributed by atoms with E-state index in [2.05, 4.69) is 10.6 Å². The molecule has 1 aliphatic carbocycles. The fourth-order valence-corrected chi connectivity index (χ4v) is 3.74. The standard InChI is InChI=1S/C24H28N2O4/c1-17(27)25-22(18-8-4-2-5-9-18)16-23(28)30-21-14-12-20(13-15-21)26-24(29)19-10-6-3-7-11-19/h2,4-5,8-9,12-15,19,22H,3,6-7,10-11,16H2,1H3,(H,25,27)(H,26,29). The molecule has 0 radical (unpaired) electrons. The summed E-state index contributed by atoms with van der Waals surface area (Å²) in [5.74, 6) is -0.128. The second kappa shape index (κ2) is 10.6. The number of esters is 1. The molecule has 0 bridgehead atoms. The minimum atomic E-state index is -0.453. The van der Waals surface area contributed by atoms with Gasteiger partial charge in [0.25, 0.3) is 0 Å². The number of carbonyl (C=O) groups excluding carboxylic acids is 3. The van der Waals surface area contributed by atoms with Gasteiger partial charge in [0, 0.05) is 18.5 Å². The molecular formula is C24H28N2O4. The van der Waals surface area contributed by atoms with E-state index >= 15 is 0 Å². The van der Waals surface area contributed by atoms with E-state index in [1.54, 1.807) is 24.3 Å². The van der Waals surface area contributed by atoms with Crippen LogP contribution in [-0.2, 0) is 14.4 Å². The lowest BCUT2D eigenvalue weighted by Gasteiger charge is -2.20. The van der Waals surface area contributed by atoms with Crippen molar-refractivity contribution in [1.82, 2.24) is 5.32 Å². The molecular weight excluding hydrogens is 380 g/mol. The zero-order valence-corrected chi connectivity index (χ0v) is 17.2. The van der Waals surface area contributed by atoms with Crippen LogP contribution < -0.4 is 15.4 Å². The van der Waals surface area contributed by atoms with Crippen LogP contribution in [0.1, 0.15) is 57.1 Å². The number of amides is 2. The molecule has 0 aliphatic heterocycles. The maximum atomic E-state index is 12.4. The van der Waals surface area contributed by atoms with Crippen molar-refractivity contribution in [3.63, 3.8) is 0 Å². The van der Waals surface area contributed by atoms with E-state index in [0.29, 0.717) is 11.4 Å². The second-order valence-electron chi connectivity index (χ2n) is 7.69. The zero-order valence-electron chi connectivity index (χ0n) is 17.2. The van der Waals surface area contributed by atoms with Crippen molar-refractivity contribution in [2.75, 3.05) is 5.32 Å². The largest absolute Gasteiger partial charge is 0.426 e. The van der Waals surface area contributed by atoms with E-state index in [1.165, 1.54) is 13.3 Å². The van der Waals surface area contributed by atoms with Crippen LogP contribution in [0.4, 0.5) is 5.69 Å². The maximum Gasteiger partial charge on any atom is 0.313 e. The molecule has 6 nitrogen and oxygen atoms in total. The summed E-state index contributed by atoms with van der Waals surface area (Å²) in [5.41, 5.74) is 1.52. The van der Waals surface area contributed by atoms with Gasteiger partial charge in [0.15, 0.2) is 0 Å². The molecule has 0 spiro atoms. The molecule has 0 aromatic heterocycles. The molecule has 2 aromatic carbocycles. The first-order valence-corrected chi connectivity index (χ1v) is 10.4. The molecule has 3 rings (SSSR count). The Morgan fingerprint density at radius 2 is 1.63 bits per heavy atom. The Morgan fingerprint density at radius 3 is 2.27 bits per heavy atom. The third kappa shape index (κ3) is 6.44. The molecule has 2 aromatic rings. The number of carbonyl (C=O) groups is 3. The molecule has 1 atom stereocenters. The lowest BCUT2D eigenvalue weighted by Crippen LogP contribution is -2.29. The number of hydrogen-bond acceptors (Lipinski definition) is 4. The van der Waals surface area contributed by atoms with Gasteiger partial charge in [0.2, 0.25) is 11.8 Å². The van der Waals surface area contributed by atoms with Crippen molar-refractivity contribution < 1.29 is 19.1 Å². The van der Waals surface area contributed by atoms with Gasteiger partial charge in [-0.2, -0.15) is 0 Å². The summed E-state index contributed by atoms with van der Waals surface area (Å²) >= 11 is 0. The number of benzene rings is 2. The van der Waals surface area contributed by atoms with Crippen molar-refractivity contribution >= 4 is 23.5 Å². The molecule has 1 unspecified atom stereocenters. The Kier molecular flexibility index (Phi) is 7.60. The molecule has 0 heterocycles. The van der Waals surface area contributed by atoms with E-state index in [-0.39, 0.29) is 24.2 Å². The first-order chi connectivity index (χ1) is 14.5. The van der Waals surface area contributed by atoms with Crippen LogP contribution in [0.5, 0.6) is 5.75 Å². The fourth-order valence-electron chi connectivity index (χ4n) is 3.74. The van der Waals surface area contributed by atoms with Crippen LogP contribution >= 0.6 is 0 Å². The number of nitrogens with one attached hydrogen (secondary N) is 2. The first-order valence-electron chi connectivity index (χ1n) is 10.4. The molecule has 6 heteroatoms. The maximum absolute atomic E-state index is 12.4. The Bertz CT molecular complexity index is 859. The van der Waals surface area contributed by atoms with E-state index in [0.717, 1.165) is 31.2 Å². The van der Waals surface area contributed by atoms with Gasteiger partial charge in [0.1, 0.15) is 5.75 Å². The van der Waals surface area contributed by atoms with E-state index in [9.17, 15) is 14.4 Å². The van der Waals surface area contributed by atoms with Gasteiger partial charge in [-0.1, -0.05) is 49.6 Å². The van der Waals surface area contributed by atoms with Crippen molar-refractivity contribution in [3.8, 4) is 5.75 Å². The molecule has 158 valence electrons. The number of ether oxygens (including phenoxy) is 1. The normalized spacial score (nSPS) is 15.1. The Balaban J connectivity index is 1.55. The van der Waals surface area contributed by atoms with Crippen LogP contribution in [-0.4, -0.2) is 17.8 Å². The average molecular weight is 408 g/mol. The third-order valence-corrected chi connectivity index (χ3v) is 5.28. The highest BCUT2D eigenvalue weighted by atomic mass is 16.5. The number of hydrogen-bond donors (Lipinski definition) is 2. The monoisotopic (exact) mass is 408 g/mol. The van der Waals surface area contributed by atoms with Gasteiger partial charge in [-0.15, -0.1) is 0 Å². The van der Waals surface area contributed by atoms with Crippen molar-refractivity contribution in [3.05, 3.63) is 60.2 Å². The first kappa shape index (κ1) is 21.6.